The summed E-state index contributed by atoms with van der Waals surface area (Å²) in [5.74, 6) is -1.28. The summed E-state index contributed by atoms with van der Waals surface area (Å²) in [6.45, 7) is 3.44. The Kier molecular flexibility index (Phi) is 5.72. The van der Waals surface area contributed by atoms with E-state index in [0.29, 0.717) is 17.9 Å². The Bertz CT molecular complexity index is 728. The van der Waals surface area contributed by atoms with Crippen molar-refractivity contribution in [2.45, 2.75) is 13.8 Å². The van der Waals surface area contributed by atoms with Gasteiger partial charge in [0.1, 0.15) is 5.69 Å². The number of aliphatic carboxylic acids is 1. The summed E-state index contributed by atoms with van der Waals surface area (Å²) in [5.41, 5.74) is 0.542. The number of hydrogen-bond acceptors (Lipinski definition) is 7. The van der Waals surface area contributed by atoms with E-state index >= 15 is 0 Å². The number of H-pyrrole nitrogens is 1. The van der Waals surface area contributed by atoms with Gasteiger partial charge in [0.15, 0.2) is 23.8 Å². The lowest BCUT2D eigenvalue weighted by molar-refractivity contribution is -0.139. The largest absolute Gasteiger partial charge is 0.490 e. The van der Waals surface area contributed by atoms with E-state index in [2.05, 4.69) is 15.4 Å². The first-order chi connectivity index (χ1) is 11.6. The number of esters is 1. The van der Waals surface area contributed by atoms with Gasteiger partial charge in [0, 0.05) is 0 Å². The number of benzene rings is 1. The third-order valence-corrected chi connectivity index (χ3v) is 2.89. The minimum Gasteiger partial charge on any atom is -0.490 e. The van der Waals surface area contributed by atoms with Crippen LogP contribution in [0.3, 0.4) is 0 Å². The number of carbonyl (C=O) groups is 2. The zero-order valence-electron chi connectivity index (χ0n) is 13.2. The van der Waals surface area contributed by atoms with Crippen molar-refractivity contribution in [3.05, 3.63) is 23.9 Å². The van der Waals surface area contributed by atoms with Crippen LogP contribution in [0.1, 0.15) is 24.3 Å². The highest BCUT2D eigenvalue weighted by Gasteiger charge is 2.24. The predicted molar refractivity (Wildman–Crippen MR) is 82.1 cm³/mol. The van der Waals surface area contributed by atoms with E-state index in [4.69, 9.17) is 19.3 Å². The molecule has 2 N–H and O–H groups in total. The maximum absolute atomic E-state index is 12.0. The second kappa shape index (κ2) is 7.95. The Morgan fingerprint density at radius 2 is 1.96 bits per heavy atom. The SMILES string of the molecule is CCOC(=O)c1n[nH]nc1-c1cccc(OCC)c1OCC(=O)O. The number of aromatic nitrogens is 3. The van der Waals surface area contributed by atoms with Crippen LogP contribution < -0.4 is 9.47 Å². The summed E-state index contributed by atoms with van der Waals surface area (Å²) in [5, 5.41) is 19.0. The van der Waals surface area contributed by atoms with Crippen molar-refractivity contribution in [3.63, 3.8) is 0 Å². The fourth-order valence-corrected chi connectivity index (χ4v) is 2.01. The molecule has 9 nitrogen and oxygen atoms in total. The number of para-hydroxylation sites is 1. The number of ether oxygens (including phenoxy) is 3. The van der Waals surface area contributed by atoms with Gasteiger partial charge in [-0.15, -0.1) is 5.10 Å². The Morgan fingerprint density at radius 3 is 2.62 bits per heavy atom. The van der Waals surface area contributed by atoms with Crippen LogP contribution >= 0.6 is 0 Å². The van der Waals surface area contributed by atoms with Crippen LogP contribution in [0.15, 0.2) is 18.2 Å². The lowest BCUT2D eigenvalue weighted by Gasteiger charge is -2.14. The van der Waals surface area contributed by atoms with E-state index in [1.807, 2.05) is 0 Å². The molecule has 1 aromatic carbocycles. The van der Waals surface area contributed by atoms with Gasteiger partial charge < -0.3 is 19.3 Å². The fourth-order valence-electron chi connectivity index (χ4n) is 2.01. The number of hydrogen-bond donors (Lipinski definition) is 2. The molecule has 1 aromatic heterocycles. The van der Waals surface area contributed by atoms with Gasteiger partial charge in [0.2, 0.25) is 0 Å². The summed E-state index contributed by atoms with van der Waals surface area (Å²) in [4.78, 5) is 22.8. The Hall–Kier alpha value is -3.10. The molecule has 0 atom stereocenters. The fraction of sp³-hybridized carbons (Fsp3) is 0.333. The van der Waals surface area contributed by atoms with Crippen LogP contribution in [-0.2, 0) is 9.53 Å². The molecule has 2 rings (SSSR count). The quantitative estimate of drug-likeness (QED) is 0.696. The lowest BCUT2D eigenvalue weighted by atomic mass is 10.1. The molecule has 0 saturated heterocycles. The third kappa shape index (κ3) is 3.80. The number of carboxylic acid groups (broad SMARTS) is 1. The molecular formula is C15H17N3O6. The van der Waals surface area contributed by atoms with Crippen LogP contribution in [0.4, 0.5) is 0 Å². The maximum Gasteiger partial charge on any atom is 0.361 e. The molecule has 0 amide bonds. The molecule has 0 fully saturated rings. The highest BCUT2D eigenvalue weighted by Crippen LogP contribution is 2.38. The first-order valence-electron chi connectivity index (χ1n) is 7.27. The minimum absolute atomic E-state index is 0.0225. The minimum atomic E-state index is -1.14. The zero-order chi connectivity index (χ0) is 17.5. The topological polar surface area (TPSA) is 124 Å². The van der Waals surface area contributed by atoms with E-state index < -0.39 is 18.5 Å². The number of rotatable bonds is 8. The molecule has 0 unspecified atom stereocenters. The van der Waals surface area contributed by atoms with Crippen LogP contribution in [0.25, 0.3) is 11.3 Å². The van der Waals surface area contributed by atoms with Crippen LogP contribution in [0, 0.1) is 0 Å². The van der Waals surface area contributed by atoms with Gasteiger partial charge in [-0.2, -0.15) is 10.3 Å². The van der Waals surface area contributed by atoms with Crippen LogP contribution in [-0.4, -0.2) is 52.3 Å². The molecule has 2 aromatic rings. The van der Waals surface area contributed by atoms with Gasteiger partial charge in [-0.1, -0.05) is 6.07 Å². The molecule has 0 aliphatic heterocycles. The number of carbonyl (C=O) groups excluding carboxylic acids is 1. The number of carboxylic acids is 1. The molecule has 0 aliphatic carbocycles. The highest BCUT2D eigenvalue weighted by molar-refractivity contribution is 5.95. The Balaban J connectivity index is 2.49. The highest BCUT2D eigenvalue weighted by atomic mass is 16.5. The molecule has 1 heterocycles. The molecule has 0 radical (unpaired) electrons. The first-order valence-corrected chi connectivity index (χ1v) is 7.27. The normalized spacial score (nSPS) is 10.2. The van der Waals surface area contributed by atoms with Gasteiger partial charge in [-0.25, -0.2) is 9.59 Å². The number of aromatic amines is 1. The average molecular weight is 335 g/mol. The van der Waals surface area contributed by atoms with E-state index in [-0.39, 0.29) is 23.7 Å². The van der Waals surface area contributed by atoms with Crippen LogP contribution in [0.2, 0.25) is 0 Å². The average Bonchev–Trinajstić information content (AvgIpc) is 3.03. The van der Waals surface area contributed by atoms with Gasteiger partial charge >= 0.3 is 11.9 Å². The van der Waals surface area contributed by atoms with Crippen LogP contribution in [0.5, 0.6) is 11.5 Å². The Morgan fingerprint density at radius 1 is 1.17 bits per heavy atom. The Labute approximate surface area is 137 Å². The van der Waals surface area contributed by atoms with E-state index in [9.17, 15) is 9.59 Å². The van der Waals surface area contributed by atoms with Crippen molar-refractivity contribution in [2.24, 2.45) is 0 Å². The number of nitrogens with zero attached hydrogens (tertiary/aromatic N) is 2. The summed E-state index contributed by atoms with van der Waals surface area (Å²) in [7, 11) is 0. The van der Waals surface area contributed by atoms with Gasteiger partial charge in [0.25, 0.3) is 0 Å². The van der Waals surface area contributed by atoms with Crippen molar-refractivity contribution < 1.29 is 28.9 Å². The second-order valence-corrected chi connectivity index (χ2v) is 4.49. The maximum atomic E-state index is 12.0. The van der Waals surface area contributed by atoms with Gasteiger partial charge in [-0.3, -0.25) is 0 Å². The van der Waals surface area contributed by atoms with Crippen molar-refractivity contribution in [1.82, 2.24) is 15.4 Å². The second-order valence-electron chi connectivity index (χ2n) is 4.49. The summed E-state index contributed by atoms with van der Waals surface area (Å²) in [6, 6.07) is 4.94. The standard InChI is InChI=1S/C15H17N3O6/c1-3-22-10-7-5-6-9(14(10)24-8-11(19)20)12-13(17-18-16-12)15(21)23-4-2/h5-7H,3-4,8H2,1-2H3,(H,19,20)(H,16,17,18). The molecule has 128 valence electrons. The van der Waals surface area contributed by atoms with E-state index in [1.165, 1.54) is 0 Å². The van der Waals surface area contributed by atoms with Crippen molar-refractivity contribution >= 4 is 11.9 Å². The lowest BCUT2D eigenvalue weighted by Crippen LogP contribution is -2.12. The summed E-state index contributed by atoms with van der Waals surface area (Å²) < 4.78 is 15.7. The number of nitrogens with one attached hydrogen (secondary N) is 1. The van der Waals surface area contributed by atoms with E-state index in [1.54, 1.807) is 32.0 Å². The first kappa shape index (κ1) is 17.3. The molecule has 0 aliphatic rings. The van der Waals surface area contributed by atoms with Crippen molar-refractivity contribution in [1.29, 1.82) is 0 Å². The molecule has 0 spiro atoms. The summed E-state index contributed by atoms with van der Waals surface area (Å²) >= 11 is 0. The molecule has 24 heavy (non-hydrogen) atoms. The molecule has 0 saturated carbocycles. The van der Waals surface area contributed by atoms with E-state index in [0.717, 1.165) is 0 Å². The summed E-state index contributed by atoms with van der Waals surface area (Å²) in [6.07, 6.45) is 0. The third-order valence-electron chi connectivity index (χ3n) is 2.89. The monoisotopic (exact) mass is 335 g/mol. The van der Waals surface area contributed by atoms with Gasteiger partial charge in [-0.05, 0) is 26.0 Å². The smallest absolute Gasteiger partial charge is 0.361 e. The molecular weight excluding hydrogens is 318 g/mol. The zero-order valence-corrected chi connectivity index (χ0v) is 13.2. The van der Waals surface area contributed by atoms with Crippen molar-refractivity contribution in [2.75, 3.05) is 19.8 Å². The van der Waals surface area contributed by atoms with Crippen molar-refractivity contribution in [3.8, 4) is 22.8 Å². The molecule has 0 bridgehead atoms. The predicted octanol–water partition coefficient (Wildman–Crippen LogP) is 1.51. The molecule has 9 heteroatoms. The van der Waals surface area contributed by atoms with Gasteiger partial charge in [0.05, 0.1) is 18.8 Å².